The molecule has 2 aromatic heterocycles. The summed E-state index contributed by atoms with van der Waals surface area (Å²) in [5.74, 6) is -1.35. The number of rotatable bonds is 7. The van der Waals surface area contributed by atoms with Crippen LogP contribution in [0.3, 0.4) is 0 Å². The standard InChI is InChI=1S/C21H27ClFN5O4S/c1-4-5-8-31-21(30)28-11-6-7-12(28)15(24-9-11)10(2)32-19-13-16(14(23)17(22)26-19)25-20(33-3)27-18(13)29/h10-12,15,24H,4-9H2,1-3H3,(H,25,27,29)/t10-,11+,12-,15+/m0/s1. The number of halogens is 2. The third-order valence-electron chi connectivity index (χ3n) is 6.14. The zero-order valence-electron chi connectivity index (χ0n) is 18.7. The molecule has 0 aliphatic carbocycles. The van der Waals surface area contributed by atoms with Crippen LogP contribution in [0.25, 0.3) is 10.9 Å². The summed E-state index contributed by atoms with van der Waals surface area (Å²) in [4.78, 5) is 26.7. The van der Waals surface area contributed by atoms with E-state index in [0.717, 1.165) is 37.4 Å². The SMILES string of the molecule is CCCCOC(=O)N1[C@@H]2CC[C@H]1[C@@H]([C@H](C)Oc1nc(Cl)c(F)c3nc(SC)nc(O)c13)NC2. The highest BCUT2D eigenvalue weighted by molar-refractivity contribution is 7.98. The number of unbranched alkanes of at least 4 members (excludes halogenated alkanes) is 1. The Morgan fingerprint density at radius 1 is 1.39 bits per heavy atom. The molecule has 0 radical (unpaired) electrons. The molecule has 2 aromatic rings. The second-order valence-corrected chi connectivity index (χ2v) is 9.34. The number of thioether (sulfide) groups is 1. The molecular formula is C21H27ClFN5O4S. The number of fused-ring (bicyclic) bond motifs is 3. The summed E-state index contributed by atoms with van der Waals surface area (Å²) < 4.78 is 26.2. The van der Waals surface area contributed by atoms with Crippen molar-refractivity contribution in [2.75, 3.05) is 19.4 Å². The van der Waals surface area contributed by atoms with Crippen molar-refractivity contribution in [3.63, 3.8) is 0 Å². The number of aromatic nitrogens is 3. The molecule has 33 heavy (non-hydrogen) atoms. The highest BCUT2D eigenvalue weighted by atomic mass is 35.5. The molecule has 2 aliphatic rings. The van der Waals surface area contributed by atoms with E-state index in [2.05, 4.69) is 20.3 Å². The van der Waals surface area contributed by atoms with Crippen LogP contribution >= 0.6 is 23.4 Å². The molecule has 2 saturated heterocycles. The number of amides is 1. The second kappa shape index (κ2) is 10.0. The Balaban J connectivity index is 1.59. The number of carbonyl (C=O) groups is 1. The highest BCUT2D eigenvalue weighted by Crippen LogP contribution is 2.37. The van der Waals surface area contributed by atoms with Gasteiger partial charge in [0, 0.05) is 12.6 Å². The largest absolute Gasteiger partial charge is 0.493 e. The Bertz CT molecular complexity index is 1050. The fourth-order valence-corrected chi connectivity index (χ4v) is 5.04. The lowest BCUT2D eigenvalue weighted by Gasteiger charge is -2.42. The summed E-state index contributed by atoms with van der Waals surface area (Å²) in [7, 11) is 0. The Morgan fingerprint density at radius 2 is 2.18 bits per heavy atom. The van der Waals surface area contributed by atoms with E-state index < -0.39 is 23.0 Å². The summed E-state index contributed by atoms with van der Waals surface area (Å²) in [6, 6.07) is -0.270. The van der Waals surface area contributed by atoms with Crippen molar-refractivity contribution in [2.45, 2.75) is 68.9 Å². The van der Waals surface area contributed by atoms with E-state index in [1.54, 1.807) is 6.26 Å². The Hall–Kier alpha value is -2.11. The predicted octanol–water partition coefficient (Wildman–Crippen LogP) is 3.75. The zero-order valence-corrected chi connectivity index (χ0v) is 20.2. The van der Waals surface area contributed by atoms with Crippen molar-refractivity contribution in [1.29, 1.82) is 0 Å². The third-order valence-corrected chi connectivity index (χ3v) is 6.94. The van der Waals surface area contributed by atoms with E-state index in [-0.39, 0.29) is 46.2 Å². The molecule has 2 fully saturated rings. The molecule has 0 unspecified atom stereocenters. The molecule has 9 nitrogen and oxygen atoms in total. The summed E-state index contributed by atoms with van der Waals surface area (Å²) in [5.41, 5.74) is -0.160. The van der Waals surface area contributed by atoms with Gasteiger partial charge in [-0.25, -0.2) is 14.2 Å². The van der Waals surface area contributed by atoms with E-state index in [0.29, 0.717) is 13.2 Å². The van der Waals surface area contributed by atoms with Crippen LogP contribution in [-0.2, 0) is 4.74 Å². The van der Waals surface area contributed by atoms with Crippen LogP contribution in [0.15, 0.2) is 5.16 Å². The molecule has 0 spiro atoms. The normalized spacial score (nSPS) is 23.1. The monoisotopic (exact) mass is 499 g/mol. The number of ether oxygens (including phenoxy) is 2. The number of nitrogens with one attached hydrogen (secondary N) is 1. The van der Waals surface area contributed by atoms with Gasteiger partial charge in [-0.1, -0.05) is 36.7 Å². The van der Waals surface area contributed by atoms with Gasteiger partial charge in [0.2, 0.25) is 11.8 Å². The summed E-state index contributed by atoms with van der Waals surface area (Å²) >= 11 is 7.16. The Morgan fingerprint density at radius 3 is 2.91 bits per heavy atom. The lowest BCUT2D eigenvalue weighted by molar-refractivity contribution is 0.0370. The van der Waals surface area contributed by atoms with E-state index in [4.69, 9.17) is 21.1 Å². The molecular weight excluding hydrogens is 473 g/mol. The number of hydrogen-bond acceptors (Lipinski definition) is 9. The van der Waals surface area contributed by atoms with Gasteiger partial charge in [0.25, 0.3) is 0 Å². The molecule has 4 heterocycles. The van der Waals surface area contributed by atoms with Crippen LogP contribution in [-0.4, -0.2) is 74.7 Å². The smallest absolute Gasteiger partial charge is 0.410 e. The van der Waals surface area contributed by atoms with Gasteiger partial charge in [-0.2, -0.15) is 9.97 Å². The molecule has 2 aliphatic heterocycles. The van der Waals surface area contributed by atoms with E-state index in [1.807, 2.05) is 18.7 Å². The van der Waals surface area contributed by atoms with Crippen molar-refractivity contribution < 1.29 is 23.8 Å². The van der Waals surface area contributed by atoms with Crippen LogP contribution in [0.4, 0.5) is 9.18 Å². The molecule has 2 N–H and O–H groups in total. The Kier molecular flexibility index (Phi) is 7.30. The number of piperazine rings is 1. The minimum atomic E-state index is -0.852. The molecule has 4 atom stereocenters. The van der Waals surface area contributed by atoms with Gasteiger partial charge in [-0.15, -0.1) is 0 Å². The van der Waals surface area contributed by atoms with Crippen LogP contribution in [0.2, 0.25) is 5.15 Å². The maximum Gasteiger partial charge on any atom is 0.410 e. The van der Waals surface area contributed by atoms with Crippen molar-refractivity contribution in [1.82, 2.24) is 25.2 Å². The predicted molar refractivity (Wildman–Crippen MR) is 123 cm³/mol. The number of pyridine rings is 1. The van der Waals surface area contributed by atoms with Crippen molar-refractivity contribution in [3.05, 3.63) is 11.0 Å². The maximum absolute atomic E-state index is 14.6. The average Bonchev–Trinajstić information content (AvgIpc) is 3.09. The van der Waals surface area contributed by atoms with E-state index in [9.17, 15) is 14.3 Å². The minimum Gasteiger partial charge on any atom is -0.493 e. The Labute approximate surface area is 200 Å². The quantitative estimate of drug-likeness (QED) is 0.254. The summed E-state index contributed by atoms with van der Waals surface area (Å²) in [5, 5.41) is 13.6. The van der Waals surface area contributed by atoms with Crippen LogP contribution in [0, 0.1) is 5.82 Å². The first kappa shape index (κ1) is 24.0. The van der Waals surface area contributed by atoms with Gasteiger partial charge in [0.15, 0.2) is 16.1 Å². The van der Waals surface area contributed by atoms with Crippen LogP contribution in [0.5, 0.6) is 11.8 Å². The van der Waals surface area contributed by atoms with Gasteiger partial charge >= 0.3 is 6.09 Å². The molecule has 180 valence electrons. The fraction of sp³-hybridized carbons (Fsp3) is 0.619. The number of hydrogen-bond donors (Lipinski definition) is 2. The van der Waals surface area contributed by atoms with Gasteiger partial charge < -0.3 is 19.9 Å². The first-order valence-corrected chi connectivity index (χ1v) is 12.6. The van der Waals surface area contributed by atoms with Crippen molar-refractivity contribution in [2.24, 2.45) is 0 Å². The summed E-state index contributed by atoms with van der Waals surface area (Å²) in [6.07, 6.45) is 4.37. The molecule has 4 rings (SSSR count). The van der Waals surface area contributed by atoms with Gasteiger partial charge in [-0.3, -0.25) is 4.90 Å². The minimum absolute atomic E-state index is 0.0440. The topological polar surface area (TPSA) is 110 Å². The van der Waals surface area contributed by atoms with Crippen molar-refractivity contribution in [3.8, 4) is 11.8 Å². The number of carbonyl (C=O) groups excluding carboxylic acids is 1. The first-order valence-electron chi connectivity index (χ1n) is 11.0. The molecule has 0 saturated carbocycles. The summed E-state index contributed by atoms with van der Waals surface area (Å²) in [6.45, 7) is 4.88. The molecule has 1 amide bonds. The fourth-order valence-electron chi connectivity index (χ4n) is 4.52. The number of aromatic hydroxyl groups is 1. The van der Waals surface area contributed by atoms with E-state index >= 15 is 0 Å². The van der Waals surface area contributed by atoms with Crippen LogP contribution < -0.4 is 10.1 Å². The average molecular weight is 500 g/mol. The second-order valence-electron chi connectivity index (χ2n) is 8.21. The highest BCUT2D eigenvalue weighted by Gasteiger charge is 2.47. The lowest BCUT2D eigenvalue weighted by atomic mass is 10.0. The number of nitrogens with zero attached hydrogens (tertiary/aromatic N) is 4. The third kappa shape index (κ3) is 4.63. The zero-order chi connectivity index (χ0) is 23.7. The molecule has 0 aromatic carbocycles. The van der Waals surface area contributed by atoms with Crippen LogP contribution in [0.1, 0.15) is 39.5 Å². The maximum atomic E-state index is 14.6. The van der Waals surface area contributed by atoms with Crippen molar-refractivity contribution >= 4 is 40.4 Å². The van der Waals surface area contributed by atoms with Gasteiger partial charge in [0.1, 0.15) is 17.0 Å². The lowest BCUT2D eigenvalue weighted by Crippen LogP contribution is -2.63. The van der Waals surface area contributed by atoms with E-state index in [1.165, 1.54) is 0 Å². The van der Waals surface area contributed by atoms with Gasteiger partial charge in [-0.05, 0) is 32.4 Å². The van der Waals surface area contributed by atoms with Gasteiger partial charge in [0.05, 0.1) is 18.7 Å². The molecule has 12 heteroatoms. The first-order chi connectivity index (χ1) is 15.8. The molecule has 2 bridgehead atoms.